The van der Waals surface area contributed by atoms with Crippen molar-refractivity contribution >= 4 is 5.78 Å². The first-order chi connectivity index (χ1) is 11.8. The first kappa shape index (κ1) is 14.7. The molecule has 24 heavy (non-hydrogen) atoms. The van der Waals surface area contributed by atoms with E-state index in [0.717, 1.165) is 12.8 Å². The maximum absolute atomic E-state index is 12.9. The van der Waals surface area contributed by atoms with Gasteiger partial charge in [0, 0.05) is 18.6 Å². The number of ether oxygens (including phenoxy) is 1. The van der Waals surface area contributed by atoms with Crippen LogP contribution in [-0.4, -0.2) is 37.8 Å². The lowest BCUT2D eigenvalue weighted by atomic mass is 10.0. The number of carbonyl (C=O) groups is 1. The highest BCUT2D eigenvalue weighted by atomic mass is 16.5. The van der Waals surface area contributed by atoms with Gasteiger partial charge < -0.3 is 9.26 Å². The van der Waals surface area contributed by atoms with Crippen molar-refractivity contribution < 1.29 is 14.1 Å². The third kappa shape index (κ3) is 2.61. The summed E-state index contributed by atoms with van der Waals surface area (Å²) in [7, 11) is 1.56. The smallest absolute Gasteiger partial charge is 0.200 e. The minimum Gasteiger partial charge on any atom is -0.378 e. The summed E-state index contributed by atoms with van der Waals surface area (Å²) in [5.41, 5.74) is 1.52. The van der Waals surface area contributed by atoms with Crippen LogP contribution in [0.1, 0.15) is 46.1 Å². The Morgan fingerprint density at radius 2 is 2.25 bits per heavy atom. The molecule has 8 heteroatoms. The summed E-state index contributed by atoms with van der Waals surface area (Å²) in [6, 6.07) is 3.45. The first-order valence-corrected chi connectivity index (χ1v) is 7.61. The fourth-order valence-electron chi connectivity index (χ4n) is 2.60. The average Bonchev–Trinajstić information content (AvgIpc) is 3.11. The van der Waals surface area contributed by atoms with E-state index in [1.54, 1.807) is 25.6 Å². The van der Waals surface area contributed by atoms with Gasteiger partial charge in [0.05, 0.1) is 24.1 Å². The first-order valence-electron chi connectivity index (χ1n) is 7.61. The van der Waals surface area contributed by atoms with Crippen molar-refractivity contribution in [1.82, 2.24) is 24.9 Å². The number of hydrogen-bond acceptors (Lipinski definition) is 7. The fourth-order valence-corrected chi connectivity index (χ4v) is 2.60. The Labute approximate surface area is 137 Å². The molecule has 1 aliphatic rings. The molecule has 4 rings (SSSR count). The van der Waals surface area contributed by atoms with Crippen molar-refractivity contribution in [3.63, 3.8) is 0 Å². The van der Waals surface area contributed by atoms with Gasteiger partial charge in [0.1, 0.15) is 12.7 Å². The van der Waals surface area contributed by atoms with Gasteiger partial charge in [-0.15, -0.1) is 0 Å². The van der Waals surface area contributed by atoms with E-state index in [9.17, 15) is 4.79 Å². The van der Waals surface area contributed by atoms with Crippen molar-refractivity contribution in [2.75, 3.05) is 7.11 Å². The lowest BCUT2D eigenvalue weighted by Crippen LogP contribution is -2.11. The summed E-state index contributed by atoms with van der Waals surface area (Å²) in [6.07, 6.45) is 6.52. The minimum absolute atomic E-state index is 0.150. The zero-order valence-corrected chi connectivity index (χ0v) is 13.0. The van der Waals surface area contributed by atoms with Gasteiger partial charge >= 0.3 is 0 Å². The maximum Gasteiger partial charge on any atom is 0.200 e. The lowest BCUT2D eigenvalue weighted by molar-refractivity contribution is 0.103. The molecule has 0 aliphatic heterocycles. The van der Waals surface area contributed by atoms with E-state index in [2.05, 4.69) is 20.2 Å². The molecule has 0 spiro atoms. The highest BCUT2D eigenvalue weighted by molar-refractivity contribution is 6.10. The Balaban J connectivity index is 1.73. The second-order valence-electron chi connectivity index (χ2n) is 5.64. The molecule has 8 nitrogen and oxygen atoms in total. The van der Waals surface area contributed by atoms with Crippen LogP contribution < -0.4 is 0 Å². The minimum atomic E-state index is -0.150. The molecule has 0 bridgehead atoms. The molecule has 0 radical (unpaired) electrons. The molecule has 1 saturated carbocycles. The topological polar surface area (TPSA) is 95.9 Å². The Morgan fingerprint density at radius 1 is 1.38 bits per heavy atom. The summed E-state index contributed by atoms with van der Waals surface area (Å²) in [6.45, 7) is 0.216. The van der Waals surface area contributed by atoms with E-state index in [1.165, 1.54) is 17.2 Å². The van der Waals surface area contributed by atoms with Gasteiger partial charge in [-0.3, -0.25) is 4.79 Å². The zero-order chi connectivity index (χ0) is 16.5. The normalized spacial score (nSPS) is 14.0. The van der Waals surface area contributed by atoms with Gasteiger partial charge in [-0.25, -0.2) is 14.6 Å². The molecule has 3 aromatic heterocycles. The van der Waals surface area contributed by atoms with Crippen molar-refractivity contribution in [3.05, 3.63) is 53.6 Å². The number of nitrogens with zero attached hydrogens (tertiary/aromatic N) is 5. The van der Waals surface area contributed by atoms with Crippen LogP contribution >= 0.6 is 0 Å². The number of pyridine rings is 1. The predicted molar refractivity (Wildman–Crippen MR) is 81.8 cm³/mol. The molecule has 0 saturated heterocycles. The molecule has 0 aromatic carbocycles. The third-order valence-corrected chi connectivity index (χ3v) is 3.93. The van der Waals surface area contributed by atoms with Crippen LogP contribution in [0.5, 0.6) is 0 Å². The van der Waals surface area contributed by atoms with E-state index in [4.69, 9.17) is 9.26 Å². The SMILES string of the molecule is COCc1nc(-n2cncn2)ccc1C(=O)c1cnoc1C1CC1. The molecule has 0 N–H and O–H groups in total. The Kier molecular flexibility index (Phi) is 3.66. The molecule has 1 fully saturated rings. The standard InChI is InChI=1S/C16H15N5O3/c1-23-7-13-11(4-5-14(20-13)21-9-17-8-18-21)15(22)12-6-19-24-16(12)10-2-3-10/h4-6,8-10H,2-3,7H2,1H3. The number of aromatic nitrogens is 5. The Hall–Kier alpha value is -2.87. The molecule has 1 aliphatic carbocycles. The predicted octanol–water partition coefficient (Wildman–Crippen LogP) is 1.91. The number of ketones is 1. The Bertz CT molecular complexity index is 868. The van der Waals surface area contributed by atoms with Crippen molar-refractivity contribution in [2.24, 2.45) is 0 Å². The maximum atomic E-state index is 12.9. The van der Waals surface area contributed by atoms with Gasteiger partial charge in [-0.05, 0) is 25.0 Å². The van der Waals surface area contributed by atoms with Crippen LogP contribution in [0.2, 0.25) is 0 Å². The van der Waals surface area contributed by atoms with Gasteiger partial charge in [-0.1, -0.05) is 5.16 Å². The van der Waals surface area contributed by atoms with Gasteiger partial charge in [0.15, 0.2) is 17.4 Å². The largest absolute Gasteiger partial charge is 0.378 e. The number of carbonyl (C=O) groups excluding carboxylic acids is 1. The van der Waals surface area contributed by atoms with Crippen LogP contribution in [0.3, 0.4) is 0 Å². The van der Waals surface area contributed by atoms with Crippen molar-refractivity contribution in [2.45, 2.75) is 25.4 Å². The number of rotatable bonds is 6. The molecule has 0 atom stereocenters. The lowest BCUT2D eigenvalue weighted by Gasteiger charge is -2.09. The summed E-state index contributed by atoms with van der Waals surface area (Å²) in [4.78, 5) is 21.3. The molecule has 3 heterocycles. The molecule has 0 unspecified atom stereocenters. The van der Waals surface area contributed by atoms with Gasteiger partial charge in [0.25, 0.3) is 0 Å². The van der Waals surface area contributed by atoms with Crippen LogP contribution in [0.25, 0.3) is 5.82 Å². The molecule has 122 valence electrons. The highest BCUT2D eigenvalue weighted by Crippen LogP contribution is 2.42. The quantitative estimate of drug-likeness (QED) is 0.639. The summed E-state index contributed by atoms with van der Waals surface area (Å²) < 4.78 is 12.0. The van der Waals surface area contributed by atoms with E-state index in [-0.39, 0.29) is 12.4 Å². The monoisotopic (exact) mass is 325 g/mol. The van der Waals surface area contributed by atoms with Crippen LogP contribution in [0.15, 0.2) is 35.5 Å². The number of methoxy groups -OCH3 is 1. The van der Waals surface area contributed by atoms with E-state index < -0.39 is 0 Å². The van der Waals surface area contributed by atoms with E-state index >= 15 is 0 Å². The van der Waals surface area contributed by atoms with Crippen molar-refractivity contribution in [1.29, 1.82) is 0 Å². The van der Waals surface area contributed by atoms with Crippen LogP contribution in [-0.2, 0) is 11.3 Å². The Morgan fingerprint density at radius 3 is 2.96 bits per heavy atom. The summed E-state index contributed by atoms with van der Waals surface area (Å²) in [5, 5.41) is 7.84. The second kappa shape index (κ2) is 5.97. The molecular formula is C16H15N5O3. The zero-order valence-electron chi connectivity index (χ0n) is 13.0. The highest BCUT2D eigenvalue weighted by Gasteiger charge is 2.33. The number of hydrogen-bond donors (Lipinski definition) is 0. The average molecular weight is 325 g/mol. The van der Waals surface area contributed by atoms with E-state index in [0.29, 0.717) is 34.3 Å². The molecule has 0 amide bonds. The second-order valence-corrected chi connectivity index (χ2v) is 5.64. The summed E-state index contributed by atoms with van der Waals surface area (Å²) >= 11 is 0. The van der Waals surface area contributed by atoms with Gasteiger partial charge in [0.2, 0.25) is 0 Å². The summed E-state index contributed by atoms with van der Waals surface area (Å²) in [5.74, 6) is 1.40. The molecule has 3 aromatic rings. The van der Waals surface area contributed by atoms with Crippen LogP contribution in [0.4, 0.5) is 0 Å². The van der Waals surface area contributed by atoms with E-state index in [1.807, 2.05) is 0 Å². The third-order valence-electron chi connectivity index (χ3n) is 3.93. The van der Waals surface area contributed by atoms with Crippen molar-refractivity contribution in [3.8, 4) is 5.82 Å². The molecular weight excluding hydrogens is 310 g/mol. The van der Waals surface area contributed by atoms with Crippen LogP contribution in [0, 0.1) is 0 Å². The van der Waals surface area contributed by atoms with Gasteiger partial charge in [-0.2, -0.15) is 5.10 Å². The fraction of sp³-hybridized carbons (Fsp3) is 0.312.